The highest BCUT2D eigenvalue weighted by molar-refractivity contribution is 7.18. The van der Waals surface area contributed by atoms with Crippen LogP contribution in [0.5, 0.6) is 0 Å². The summed E-state index contributed by atoms with van der Waals surface area (Å²) in [4.78, 5) is 23.5. The quantitative estimate of drug-likeness (QED) is 0.845. The number of fused-ring (bicyclic) bond motifs is 1. The highest BCUT2D eigenvalue weighted by atomic mass is 32.1. The minimum atomic E-state index is 0.250. The van der Waals surface area contributed by atoms with E-state index in [4.69, 9.17) is 9.78 Å². The van der Waals surface area contributed by atoms with Crippen molar-refractivity contribution in [1.82, 2.24) is 14.9 Å². The minimum Gasteiger partial charge on any atom is -0.372 e. The normalized spacial score (nSPS) is 17.9. The van der Waals surface area contributed by atoms with Gasteiger partial charge >= 0.3 is 0 Å². The van der Waals surface area contributed by atoms with Crippen LogP contribution in [0, 0.1) is 6.92 Å². The Balaban J connectivity index is 0.000000497. The number of hydrogen-bond donors (Lipinski definition) is 1. The van der Waals surface area contributed by atoms with Crippen molar-refractivity contribution in [1.29, 1.82) is 0 Å². The topological polar surface area (TPSA) is 75.3 Å². The molecule has 1 atom stereocenters. The first-order valence-corrected chi connectivity index (χ1v) is 7.67. The third-order valence-corrected chi connectivity index (χ3v) is 4.45. The molecule has 7 heteroatoms. The molecule has 1 unspecified atom stereocenters. The average molecular weight is 307 g/mol. The van der Waals surface area contributed by atoms with E-state index in [1.807, 2.05) is 6.92 Å². The summed E-state index contributed by atoms with van der Waals surface area (Å²) in [6, 6.07) is 4.83. The van der Waals surface area contributed by atoms with Crippen molar-refractivity contribution in [2.45, 2.75) is 19.4 Å². The van der Waals surface area contributed by atoms with Crippen LogP contribution >= 0.6 is 11.3 Å². The van der Waals surface area contributed by atoms with Gasteiger partial charge in [0.15, 0.2) is 0 Å². The van der Waals surface area contributed by atoms with E-state index in [1.165, 1.54) is 6.42 Å². The van der Waals surface area contributed by atoms with Crippen molar-refractivity contribution in [3.8, 4) is 0 Å². The SMILES string of the molecule is Cc1nc2ccc(N3CCC(N(C)C)C3)nc2s1.NC=O. The van der Waals surface area contributed by atoms with E-state index in [-0.39, 0.29) is 6.41 Å². The molecule has 114 valence electrons. The molecular weight excluding hydrogens is 286 g/mol. The van der Waals surface area contributed by atoms with Gasteiger partial charge in [0.25, 0.3) is 0 Å². The van der Waals surface area contributed by atoms with Crippen molar-refractivity contribution < 1.29 is 4.79 Å². The molecule has 0 aliphatic carbocycles. The Labute approximate surface area is 128 Å². The molecule has 0 saturated carbocycles. The second-order valence-electron chi connectivity index (χ2n) is 5.21. The number of carbonyl (C=O) groups is 1. The van der Waals surface area contributed by atoms with Gasteiger partial charge in [0.05, 0.1) is 5.01 Å². The first-order chi connectivity index (χ1) is 10.0. The Morgan fingerprint density at radius 1 is 1.43 bits per heavy atom. The number of thiazole rings is 1. The number of anilines is 1. The fourth-order valence-electron chi connectivity index (χ4n) is 2.46. The standard InChI is InChI=1S/C13H18N4S.CH3NO/c1-9-14-11-4-5-12(15-13(11)18-9)17-7-6-10(8-17)16(2)3;2-1-3/h4-5,10H,6-8H2,1-3H3;1H,(H2,2,3). The Morgan fingerprint density at radius 3 is 2.76 bits per heavy atom. The maximum atomic E-state index is 8.58. The summed E-state index contributed by atoms with van der Waals surface area (Å²) >= 11 is 1.67. The van der Waals surface area contributed by atoms with Crippen LogP contribution in [-0.4, -0.2) is 54.5 Å². The van der Waals surface area contributed by atoms with Crippen LogP contribution in [0.3, 0.4) is 0 Å². The number of rotatable bonds is 2. The van der Waals surface area contributed by atoms with Gasteiger partial charge in [-0.2, -0.15) is 0 Å². The first kappa shape index (κ1) is 15.7. The number of hydrogen-bond acceptors (Lipinski definition) is 6. The van der Waals surface area contributed by atoms with Crippen molar-refractivity contribution in [3.63, 3.8) is 0 Å². The van der Waals surface area contributed by atoms with Gasteiger partial charge in [-0.3, -0.25) is 4.79 Å². The number of nitrogens with two attached hydrogens (primary N) is 1. The summed E-state index contributed by atoms with van der Waals surface area (Å²) in [6.45, 7) is 4.20. The minimum absolute atomic E-state index is 0.250. The molecule has 0 radical (unpaired) electrons. The number of pyridine rings is 1. The Bertz CT molecular complexity index is 612. The van der Waals surface area contributed by atoms with Gasteiger partial charge in [0.2, 0.25) is 6.41 Å². The zero-order chi connectivity index (χ0) is 15.4. The number of carbonyl (C=O) groups excluding carboxylic acids is 1. The summed E-state index contributed by atoms with van der Waals surface area (Å²) in [7, 11) is 4.30. The molecule has 6 nitrogen and oxygen atoms in total. The Kier molecular flexibility index (Phi) is 5.08. The van der Waals surface area contributed by atoms with Crippen LogP contribution in [-0.2, 0) is 4.79 Å². The van der Waals surface area contributed by atoms with Crippen molar-refractivity contribution >= 4 is 33.9 Å². The zero-order valence-electron chi connectivity index (χ0n) is 12.6. The number of amides is 1. The summed E-state index contributed by atoms with van der Waals surface area (Å²) in [5.74, 6) is 1.09. The van der Waals surface area contributed by atoms with E-state index < -0.39 is 0 Å². The lowest BCUT2D eigenvalue weighted by Gasteiger charge is -2.20. The van der Waals surface area contributed by atoms with Crippen LogP contribution < -0.4 is 10.6 Å². The summed E-state index contributed by atoms with van der Waals surface area (Å²) in [5, 5.41) is 1.09. The lowest BCUT2D eigenvalue weighted by molar-refractivity contribution is -0.106. The van der Waals surface area contributed by atoms with Crippen molar-refractivity contribution in [3.05, 3.63) is 17.1 Å². The lowest BCUT2D eigenvalue weighted by atomic mass is 10.2. The molecule has 0 spiro atoms. The summed E-state index contributed by atoms with van der Waals surface area (Å²) in [5.41, 5.74) is 5.18. The van der Waals surface area contributed by atoms with Crippen LogP contribution in [0.2, 0.25) is 0 Å². The van der Waals surface area contributed by atoms with E-state index in [9.17, 15) is 0 Å². The Hall–Kier alpha value is -1.73. The molecule has 1 amide bonds. The number of aromatic nitrogens is 2. The predicted molar refractivity (Wildman–Crippen MR) is 86.7 cm³/mol. The van der Waals surface area contributed by atoms with Crippen molar-refractivity contribution in [2.24, 2.45) is 5.73 Å². The van der Waals surface area contributed by atoms with E-state index >= 15 is 0 Å². The van der Waals surface area contributed by atoms with Crippen LogP contribution in [0.15, 0.2) is 12.1 Å². The average Bonchev–Trinajstić information content (AvgIpc) is 3.03. The highest BCUT2D eigenvalue weighted by Crippen LogP contribution is 2.25. The second-order valence-corrected chi connectivity index (χ2v) is 6.40. The van der Waals surface area contributed by atoms with Gasteiger partial charge in [-0.25, -0.2) is 9.97 Å². The number of primary amides is 1. The molecule has 1 fully saturated rings. The molecule has 1 aliphatic rings. The first-order valence-electron chi connectivity index (χ1n) is 6.86. The van der Waals surface area contributed by atoms with Gasteiger partial charge in [-0.05, 0) is 39.6 Å². The molecule has 1 saturated heterocycles. The maximum absolute atomic E-state index is 8.58. The number of nitrogens with zero attached hydrogens (tertiary/aromatic N) is 4. The van der Waals surface area contributed by atoms with Crippen LogP contribution in [0.4, 0.5) is 5.82 Å². The monoisotopic (exact) mass is 307 g/mol. The molecular formula is C14H21N5OS. The largest absolute Gasteiger partial charge is 0.372 e. The van der Waals surface area contributed by atoms with E-state index in [0.717, 1.165) is 34.3 Å². The Morgan fingerprint density at radius 2 is 2.14 bits per heavy atom. The molecule has 2 aromatic rings. The molecule has 3 heterocycles. The van der Waals surface area contributed by atoms with Gasteiger partial charge in [0.1, 0.15) is 16.2 Å². The molecule has 3 rings (SSSR count). The molecule has 1 aliphatic heterocycles. The van der Waals surface area contributed by atoms with Gasteiger partial charge in [-0.15, -0.1) is 0 Å². The van der Waals surface area contributed by atoms with Crippen molar-refractivity contribution in [2.75, 3.05) is 32.1 Å². The smallest absolute Gasteiger partial charge is 0.204 e. The third-order valence-electron chi connectivity index (χ3n) is 3.57. The van der Waals surface area contributed by atoms with E-state index in [0.29, 0.717) is 6.04 Å². The van der Waals surface area contributed by atoms with E-state index in [2.05, 4.69) is 46.7 Å². The maximum Gasteiger partial charge on any atom is 0.204 e. The van der Waals surface area contributed by atoms with Gasteiger partial charge < -0.3 is 15.5 Å². The number of likely N-dealkylation sites (N-methyl/N-ethyl adjacent to an activating group) is 1. The highest BCUT2D eigenvalue weighted by Gasteiger charge is 2.25. The molecule has 0 aromatic carbocycles. The molecule has 2 aromatic heterocycles. The summed E-state index contributed by atoms with van der Waals surface area (Å²) < 4.78 is 0. The summed E-state index contributed by atoms with van der Waals surface area (Å²) in [6.07, 6.45) is 1.47. The fraction of sp³-hybridized carbons (Fsp3) is 0.500. The van der Waals surface area contributed by atoms with E-state index in [1.54, 1.807) is 11.3 Å². The molecule has 0 bridgehead atoms. The molecule has 21 heavy (non-hydrogen) atoms. The second kappa shape index (κ2) is 6.82. The third kappa shape index (κ3) is 3.68. The van der Waals surface area contributed by atoms with Crippen LogP contribution in [0.1, 0.15) is 11.4 Å². The predicted octanol–water partition coefficient (Wildman–Crippen LogP) is 1.24. The number of aryl methyl sites for hydroxylation is 1. The lowest BCUT2D eigenvalue weighted by Crippen LogP contribution is -2.31. The van der Waals surface area contributed by atoms with Gasteiger partial charge in [-0.1, -0.05) is 11.3 Å². The van der Waals surface area contributed by atoms with Crippen LogP contribution in [0.25, 0.3) is 10.3 Å². The fourth-order valence-corrected chi connectivity index (χ4v) is 3.24. The zero-order valence-corrected chi connectivity index (χ0v) is 13.4. The molecule has 2 N–H and O–H groups in total. The van der Waals surface area contributed by atoms with Gasteiger partial charge in [0, 0.05) is 19.1 Å².